The van der Waals surface area contributed by atoms with Gasteiger partial charge in [0, 0.05) is 6.42 Å². The number of rotatable bonds is 17. The summed E-state index contributed by atoms with van der Waals surface area (Å²) < 4.78 is 20.9. The van der Waals surface area contributed by atoms with E-state index < -0.39 is 78.3 Å². The number of β-lactam (4-membered cyclic amide) rings is 1. The van der Waals surface area contributed by atoms with Crippen LogP contribution in [-0.2, 0) is 54.1 Å². The fourth-order valence-corrected chi connectivity index (χ4v) is 6.07. The third-order valence-electron chi connectivity index (χ3n) is 8.85. The Bertz CT molecular complexity index is 1740. The third-order valence-corrected chi connectivity index (χ3v) is 8.85. The molecule has 0 radical (unpaired) electrons. The molecule has 296 valence electrons. The van der Waals surface area contributed by atoms with E-state index in [1.807, 2.05) is 13.0 Å². The molecule has 2 aliphatic heterocycles. The molecule has 4 amide bonds. The van der Waals surface area contributed by atoms with Gasteiger partial charge in [-0.25, -0.2) is 14.4 Å². The van der Waals surface area contributed by atoms with Crippen molar-refractivity contribution in [1.29, 1.82) is 0 Å². The number of nitrogens with one attached hydrogen (secondary N) is 3. The van der Waals surface area contributed by atoms with Crippen molar-refractivity contribution < 1.29 is 52.5 Å². The molecule has 55 heavy (non-hydrogen) atoms. The molecule has 4 atom stereocenters. The first kappa shape index (κ1) is 42.0. The molecule has 1 saturated heterocycles. The summed E-state index contributed by atoms with van der Waals surface area (Å²) in [5.74, 6) is -3.95. The van der Waals surface area contributed by atoms with Gasteiger partial charge >= 0.3 is 24.0 Å². The Morgan fingerprint density at radius 2 is 1.58 bits per heavy atom. The lowest BCUT2D eigenvalue weighted by Gasteiger charge is -2.50. The number of benzene rings is 2. The number of nitrogens with zero attached hydrogens (tertiary/aromatic N) is 1. The van der Waals surface area contributed by atoms with Crippen LogP contribution in [0.4, 0.5) is 4.79 Å². The van der Waals surface area contributed by atoms with Gasteiger partial charge in [0.05, 0.1) is 19.1 Å². The number of ether oxygens (including phenoxy) is 4. The number of allylic oxidation sites excluding steroid dienone is 1. The third kappa shape index (κ3) is 12.1. The number of carbonyl (C=O) groups is 7. The summed E-state index contributed by atoms with van der Waals surface area (Å²) in [4.78, 5) is 92.5. The van der Waals surface area contributed by atoms with E-state index in [1.165, 1.54) is 4.90 Å². The number of hydrogen-bond acceptors (Lipinski definition) is 11. The van der Waals surface area contributed by atoms with E-state index in [2.05, 4.69) is 16.0 Å². The monoisotopic (exact) mass is 762 g/mol. The lowest BCUT2D eigenvalue weighted by Crippen LogP contribution is -2.72. The highest BCUT2D eigenvalue weighted by Gasteiger charge is 2.53. The molecule has 15 nitrogen and oxygen atoms in total. The predicted molar refractivity (Wildman–Crippen MR) is 197 cm³/mol. The molecule has 0 saturated carbocycles. The summed E-state index contributed by atoms with van der Waals surface area (Å²) in [5, 5.41) is 7.92. The molecular formula is C40H50N4O11. The molecule has 15 heteroatoms. The van der Waals surface area contributed by atoms with Crippen LogP contribution in [0, 0.1) is 0 Å². The average molecular weight is 763 g/mol. The molecule has 0 aromatic heterocycles. The zero-order valence-corrected chi connectivity index (χ0v) is 31.9. The molecule has 2 aliphatic rings. The minimum absolute atomic E-state index is 0.00179. The van der Waals surface area contributed by atoms with Gasteiger partial charge in [0.15, 0.2) is 0 Å². The van der Waals surface area contributed by atoms with Crippen LogP contribution in [0.2, 0.25) is 0 Å². The molecule has 3 N–H and O–H groups in total. The molecule has 2 unspecified atom stereocenters. The van der Waals surface area contributed by atoms with Crippen molar-refractivity contribution in [2.45, 2.75) is 109 Å². The summed E-state index contributed by atoms with van der Waals surface area (Å²) in [6, 6.07) is 13.4. The fraction of sp³-hybridized carbons (Fsp3) is 0.475. The molecule has 2 heterocycles. The molecular weight excluding hydrogens is 712 g/mol. The van der Waals surface area contributed by atoms with Crippen LogP contribution in [0.25, 0.3) is 0 Å². The second kappa shape index (κ2) is 19.6. The van der Waals surface area contributed by atoms with Gasteiger partial charge < -0.3 is 34.9 Å². The van der Waals surface area contributed by atoms with E-state index in [1.54, 1.807) is 82.3 Å². The number of amides is 4. The Morgan fingerprint density at radius 1 is 0.909 bits per heavy atom. The van der Waals surface area contributed by atoms with Gasteiger partial charge in [0.1, 0.15) is 29.4 Å². The van der Waals surface area contributed by atoms with Crippen molar-refractivity contribution in [3.05, 3.63) is 83.1 Å². The van der Waals surface area contributed by atoms with Crippen molar-refractivity contribution in [2.75, 3.05) is 13.4 Å². The van der Waals surface area contributed by atoms with Crippen LogP contribution >= 0.6 is 0 Å². The first-order valence-corrected chi connectivity index (χ1v) is 18.4. The highest BCUT2D eigenvalue weighted by atomic mass is 16.7. The Morgan fingerprint density at radius 3 is 2.24 bits per heavy atom. The highest BCUT2D eigenvalue weighted by Crippen LogP contribution is 2.37. The second-order valence-electron chi connectivity index (χ2n) is 14.3. The largest absolute Gasteiger partial charge is 0.464 e. The van der Waals surface area contributed by atoms with Gasteiger partial charge in [-0.2, -0.15) is 0 Å². The van der Waals surface area contributed by atoms with Crippen molar-refractivity contribution in [1.82, 2.24) is 20.9 Å². The Balaban J connectivity index is 1.37. The van der Waals surface area contributed by atoms with Crippen LogP contribution in [0.3, 0.4) is 0 Å². The minimum Gasteiger partial charge on any atom is -0.464 e. The summed E-state index contributed by atoms with van der Waals surface area (Å²) >= 11 is 0. The van der Waals surface area contributed by atoms with Crippen LogP contribution in [0.15, 0.2) is 71.9 Å². The lowest BCUT2D eigenvalue weighted by atomic mass is 9.83. The van der Waals surface area contributed by atoms with Crippen LogP contribution in [0.1, 0.15) is 90.3 Å². The van der Waals surface area contributed by atoms with E-state index in [4.69, 9.17) is 18.9 Å². The summed E-state index contributed by atoms with van der Waals surface area (Å²) in [5.41, 5.74) is 0.982. The van der Waals surface area contributed by atoms with Gasteiger partial charge in [-0.15, -0.1) is 0 Å². The maximum Gasteiger partial charge on any atom is 0.408 e. The fourth-order valence-electron chi connectivity index (χ4n) is 6.07. The first-order chi connectivity index (χ1) is 26.2. The number of alkyl carbamates (subject to hydrolysis) is 1. The van der Waals surface area contributed by atoms with Gasteiger partial charge in [0.2, 0.25) is 18.6 Å². The standard InChI is InChI=1S/C40H50N4O11/c1-6-7-22-52-37(49)28(41-39(51)55-40(3,4)5)19-21-30(45)42-32(27-16-12-9-13-17-27)35(47)43-33-29-20-18-25(2)34(44(29)36(33)48)38(50)54-24-53-31(46)23-26-14-10-8-11-15-26/h8-17,28-29,32-33H,6-7,18-24H2,1-5H3,(H,41,51)(H,42,45)(H,43,47)/t28?,29-,32?,33+/m1/s1. The quantitative estimate of drug-likeness (QED) is 0.0695. The van der Waals surface area contributed by atoms with E-state index in [0.29, 0.717) is 30.4 Å². The molecule has 0 aliphatic carbocycles. The minimum atomic E-state index is -1.22. The molecule has 0 bridgehead atoms. The van der Waals surface area contributed by atoms with E-state index >= 15 is 0 Å². The summed E-state index contributed by atoms with van der Waals surface area (Å²) in [7, 11) is 0. The molecule has 4 rings (SSSR count). The van der Waals surface area contributed by atoms with Crippen molar-refractivity contribution in [2.24, 2.45) is 0 Å². The lowest BCUT2D eigenvalue weighted by molar-refractivity contribution is -0.169. The van der Waals surface area contributed by atoms with Crippen molar-refractivity contribution in [3.8, 4) is 0 Å². The number of esters is 3. The summed E-state index contributed by atoms with van der Waals surface area (Å²) in [6.45, 7) is 8.16. The first-order valence-electron chi connectivity index (χ1n) is 18.4. The molecule has 2 aromatic rings. The Hall–Kier alpha value is -5.73. The predicted octanol–water partition coefficient (Wildman–Crippen LogP) is 3.91. The smallest absolute Gasteiger partial charge is 0.408 e. The normalized spacial score (nSPS) is 17.4. The molecule has 0 spiro atoms. The number of fused-ring (bicyclic) bond motifs is 1. The highest BCUT2D eigenvalue weighted by molar-refractivity contribution is 6.03. The zero-order valence-electron chi connectivity index (χ0n) is 31.9. The van der Waals surface area contributed by atoms with Crippen LogP contribution in [0.5, 0.6) is 0 Å². The number of unbranched alkanes of at least 4 members (excludes halogenated alkanes) is 1. The van der Waals surface area contributed by atoms with E-state index in [0.717, 1.165) is 12.0 Å². The van der Waals surface area contributed by atoms with Gasteiger partial charge in [0.25, 0.3) is 5.91 Å². The topological polar surface area (TPSA) is 196 Å². The van der Waals surface area contributed by atoms with Gasteiger partial charge in [-0.3, -0.25) is 24.1 Å². The van der Waals surface area contributed by atoms with Gasteiger partial charge in [-0.05, 0) is 70.1 Å². The zero-order chi connectivity index (χ0) is 40.1. The van der Waals surface area contributed by atoms with Crippen LogP contribution < -0.4 is 16.0 Å². The number of hydrogen-bond donors (Lipinski definition) is 3. The SMILES string of the molecule is CCCCOC(=O)C(CCC(=O)NC(C(=O)N[C@@H]1C(=O)N2C(C(=O)OCOC(=O)Cc3ccccc3)=C(C)CC[C@H]12)c1ccccc1)NC(=O)OC(C)(C)C. The van der Waals surface area contributed by atoms with E-state index in [9.17, 15) is 33.6 Å². The molecule has 1 fully saturated rings. The maximum absolute atomic E-state index is 13.8. The van der Waals surface area contributed by atoms with E-state index in [-0.39, 0.29) is 31.6 Å². The average Bonchev–Trinajstić information content (AvgIpc) is 3.14. The number of carbonyl (C=O) groups excluding carboxylic acids is 7. The van der Waals surface area contributed by atoms with Crippen molar-refractivity contribution in [3.63, 3.8) is 0 Å². The Labute approximate surface area is 320 Å². The Kier molecular flexibility index (Phi) is 14.9. The van der Waals surface area contributed by atoms with Crippen LogP contribution in [-0.4, -0.2) is 83.7 Å². The molecule has 2 aromatic carbocycles. The summed E-state index contributed by atoms with van der Waals surface area (Å²) in [6.07, 6.45) is 1.03. The maximum atomic E-state index is 13.8. The van der Waals surface area contributed by atoms with Crippen molar-refractivity contribution >= 4 is 41.7 Å². The second-order valence-corrected chi connectivity index (χ2v) is 14.3. The van der Waals surface area contributed by atoms with Gasteiger partial charge in [-0.1, -0.05) is 74.0 Å².